The smallest absolute Gasteiger partial charge is 0.0543 e. The molecule has 0 fully saturated rings. The van der Waals surface area contributed by atoms with Gasteiger partial charge in [0, 0.05) is 22.4 Å². The molecule has 1 heteroatoms. The second kappa shape index (κ2) is 14.2. The van der Waals surface area contributed by atoms with Gasteiger partial charge in [-0.25, -0.2) is 0 Å². The van der Waals surface area contributed by atoms with Crippen LogP contribution in [0.4, 0.5) is 17.1 Å². The van der Waals surface area contributed by atoms with Crippen molar-refractivity contribution < 1.29 is 0 Å². The van der Waals surface area contributed by atoms with E-state index in [1.165, 1.54) is 88.4 Å². The Morgan fingerprint density at radius 1 is 0.322 bits per heavy atom. The Morgan fingerprint density at radius 3 is 1.31 bits per heavy atom. The van der Waals surface area contributed by atoms with E-state index in [1.807, 2.05) is 0 Å². The Bertz CT molecular complexity index is 3140. The molecule has 0 saturated carbocycles. The molecule has 1 nitrogen and oxygen atoms in total. The summed E-state index contributed by atoms with van der Waals surface area (Å²) in [7, 11) is 0. The van der Waals surface area contributed by atoms with Crippen LogP contribution in [0.2, 0.25) is 0 Å². The average Bonchev–Trinajstić information content (AvgIpc) is 3.58. The molecular formula is C58H41N. The number of hydrogen-bond donors (Lipinski definition) is 0. The van der Waals surface area contributed by atoms with Gasteiger partial charge in [0.15, 0.2) is 0 Å². The Hall–Kier alpha value is -7.48. The summed E-state index contributed by atoms with van der Waals surface area (Å²) in [5.74, 6) is 0. The van der Waals surface area contributed by atoms with E-state index in [0.717, 1.165) is 11.4 Å². The third kappa shape index (κ3) is 5.94. The molecule has 0 aliphatic heterocycles. The van der Waals surface area contributed by atoms with E-state index in [-0.39, 0.29) is 5.41 Å². The second-order valence-corrected chi connectivity index (χ2v) is 15.9. The topological polar surface area (TPSA) is 3.24 Å². The average molecular weight is 752 g/mol. The minimum absolute atomic E-state index is 0.294. The zero-order valence-corrected chi connectivity index (χ0v) is 32.9. The first-order valence-corrected chi connectivity index (χ1v) is 20.5. The van der Waals surface area contributed by atoms with Gasteiger partial charge in [-0.15, -0.1) is 0 Å². The van der Waals surface area contributed by atoms with Crippen molar-refractivity contribution >= 4 is 38.6 Å². The third-order valence-corrected chi connectivity index (χ3v) is 12.5. The maximum Gasteiger partial charge on any atom is 0.0543 e. The van der Waals surface area contributed by atoms with Crippen LogP contribution in [-0.4, -0.2) is 0 Å². The maximum atomic E-state index is 2.45. The van der Waals surface area contributed by atoms with Gasteiger partial charge >= 0.3 is 0 Å². The largest absolute Gasteiger partial charge is 0.310 e. The van der Waals surface area contributed by atoms with Crippen LogP contribution >= 0.6 is 0 Å². The van der Waals surface area contributed by atoms with E-state index in [9.17, 15) is 0 Å². The van der Waals surface area contributed by atoms with Crippen molar-refractivity contribution in [3.8, 4) is 44.5 Å². The summed E-state index contributed by atoms with van der Waals surface area (Å²) in [4.78, 5) is 2.45. The highest BCUT2D eigenvalue weighted by molar-refractivity contribution is 5.97. The highest BCUT2D eigenvalue weighted by Crippen LogP contribution is 2.56. The molecule has 0 amide bonds. The lowest BCUT2D eigenvalue weighted by molar-refractivity contribution is 0.714. The highest BCUT2D eigenvalue weighted by Gasteiger charge is 2.42. The van der Waals surface area contributed by atoms with Gasteiger partial charge in [0.05, 0.1) is 5.69 Å². The molecule has 11 rings (SSSR count). The van der Waals surface area contributed by atoms with Gasteiger partial charge in [-0.05, 0) is 127 Å². The third-order valence-electron chi connectivity index (χ3n) is 12.5. The van der Waals surface area contributed by atoms with Gasteiger partial charge in [-0.1, -0.05) is 188 Å². The molecule has 0 heterocycles. The summed E-state index contributed by atoms with van der Waals surface area (Å²) in [6.45, 7) is 2.39. The summed E-state index contributed by atoms with van der Waals surface area (Å²) in [5, 5.41) is 5.02. The maximum absolute atomic E-state index is 2.45. The SMILES string of the molecule is CC1(c2ccccc2)c2ccccc2-c2c(N(c3ccc(-c4ccc(-c5ccc6ccccc6c5)cc4)cc3)c3ccc(-c4ccc5ccccc5c4)cc3)cccc21. The number of anilines is 3. The van der Waals surface area contributed by atoms with Gasteiger partial charge < -0.3 is 4.90 Å². The van der Waals surface area contributed by atoms with Crippen LogP contribution in [0.1, 0.15) is 23.6 Å². The summed E-state index contributed by atoms with van der Waals surface area (Å²) < 4.78 is 0. The van der Waals surface area contributed by atoms with Crippen LogP contribution in [0.3, 0.4) is 0 Å². The minimum Gasteiger partial charge on any atom is -0.310 e. The van der Waals surface area contributed by atoms with Crippen LogP contribution in [0.5, 0.6) is 0 Å². The summed E-state index contributed by atoms with van der Waals surface area (Å²) in [5.41, 5.74) is 16.9. The molecule has 0 radical (unpaired) electrons. The molecule has 0 N–H and O–H groups in total. The van der Waals surface area contributed by atoms with Crippen molar-refractivity contribution in [3.63, 3.8) is 0 Å². The van der Waals surface area contributed by atoms with Crippen molar-refractivity contribution in [2.24, 2.45) is 0 Å². The van der Waals surface area contributed by atoms with Gasteiger partial charge in [-0.3, -0.25) is 0 Å². The van der Waals surface area contributed by atoms with Crippen LogP contribution in [-0.2, 0) is 5.41 Å². The molecule has 278 valence electrons. The quantitative estimate of drug-likeness (QED) is 0.157. The molecule has 0 spiro atoms. The Morgan fingerprint density at radius 2 is 0.746 bits per heavy atom. The Balaban J connectivity index is 1.01. The first kappa shape index (κ1) is 34.7. The lowest BCUT2D eigenvalue weighted by atomic mass is 9.74. The molecule has 10 aromatic rings. The van der Waals surface area contributed by atoms with Gasteiger partial charge in [0.2, 0.25) is 0 Å². The van der Waals surface area contributed by atoms with Gasteiger partial charge in [0.1, 0.15) is 0 Å². The van der Waals surface area contributed by atoms with E-state index < -0.39 is 0 Å². The van der Waals surface area contributed by atoms with Crippen LogP contribution in [0.15, 0.2) is 231 Å². The summed E-state index contributed by atoms with van der Waals surface area (Å²) >= 11 is 0. The first-order chi connectivity index (χ1) is 29.1. The fraction of sp³-hybridized carbons (Fsp3) is 0.0345. The molecule has 59 heavy (non-hydrogen) atoms. The van der Waals surface area contributed by atoms with Crippen molar-refractivity contribution in [1.82, 2.24) is 0 Å². The number of fused-ring (bicyclic) bond motifs is 5. The van der Waals surface area contributed by atoms with Crippen LogP contribution < -0.4 is 4.90 Å². The minimum atomic E-state index is -0.294. The molecular weight excluding hydrogens is 711 g/mol. The number of benzene rings is 10. The molecule has 0 aromatic heterocycles. The lowest BCUT2D eigenvalue weighted by Crippen LogP contribution is -2.22. The standard InChI is InChI=1S/C58H41N/c1-58(50-16-3-2-4-17-50)54-19-10-9-18-53(54)57-55(58)20-11-21-56(57)59(52-36-32-45(33-37-52)49-29-27-41-13-6-8-15-47(41)39-49)51-34-30-43(31-35-51)42-22-24-44(25-23-42)48-28-26-40-12-5-7-14-46(40)38-48/h2-39H,1H3. The fourth-order valence-corrected chi connectivity index (χ4v) is 9.42. The van der Waals surface area contributed by atoms with Gasteiger partial charge in [-0.2, -0.15) is 0 Å². The second-order valence-electron chi connectivity index (χ2n) is 15.9. The normalized spacial score (nSPS) is 14.3. The predicted molar refractivity (Wildman–Crippen MR) is 250 cm³/mol. The van der Waals surface area contributed by atoms with Crippen molar-refractivity contribution in [2.75, 3.05) is 4.90 Å². The molecule has 0 bridgehead atoms. The Labute approximate surface area is 346 Å². The number of hydrogen-bond acceptors (Lipinski definition) is 1. The number of rotatable bonds is 7. The zero-order valence-electron chi connectivity index (χ0n) is 32.9. The fourth-order valence-electron chi connectivity index (χ4n) is 9.42. The number of nitrogens with zero attached hydrogens (tertiary/aromatic N) is 1. The molecule has 1 atom stereocenters. The van der Waals surface area contributed by atoms with E-state index in [0.29, 0.717) is 0 Å². The molecule has 1 aliphatic rings. The van der Waals surface area contributed by atoms with E-state index >= 15 is 0 Å². The van der Waals surface area contributed by atoms with Crippen molar-refractivity contribution in [1.29, 1.82) is 0 Å². The van der Waals surface area contributed by atoms with Crippen molar-refractivity contribution in [3.05, 3.63) is 247 Å². The van der Waals surface area contributed by atoms with E-state index in [4.69, 9.17) is 0 Å². The first-order valence-electron chi connectivity index (χ1n) is 20.5. The van der Waals surface area contributed by atoms with Crippen LogP contribution in [0.25, 0.3) is 66.1 Å². The summed E-state index contributed by atoms with van der Waals surface area (Å²) in [6.07, 6.45) is 0. The van der Waals surface area contributed by atoms with Gasteiger partial charge in [0.25, 0.3) is 0 Å². The zero-order chi connectivity index (χ0) is 39.3. The van der Waals surface area contributed by atoms with Crippen LogP contribution in [0, 0.1) is 0 Å². The molecule has 1 unspecified atom stereocenters. The summed E-state index contributed by atoms with van der Waals surface area (Å²) in [6, 6.07) is 84.5. The predicted octanol–water partition coefficient (Wildman–Crippen LogP) is 15.8. The molecule has 1 aliphatic carbocycles. The van der Waals surface area contributed by atoms with Crippen molar-refractivity contribution in [2.45, 2.75) is 12.3 Å². The molecule has 0 saturated heterocycles. The Kier molecular flexibility index (Phi) is 8.34. The lowest BCUT2D eigenvalue weighted by Gasteiger charge is -2.30. The monoisotopic (exact) mass is 751 g/mol. The van der Waals surface area contributed by atoms with E-state index in [1.54, 1.807) is 0 Å². The highest BCUT2D eigenvalue weighted by atomic mass is 15.1. The molecule has 10 aromatic carbocycles. The van der Waals surface area contributed by atoms with E-state index in [2.05, 4.69) is 242 Å².